The zero-order valence-corrected chi connectivity index (χ0v) is 12.5. The standard InChI is InChI=1S/C11H14N4O3S2/c1-18-7-6-12-5-4-9-13-14-11(20-9)8-2-3-10(19-8)15(16)17/h2-3,12H,4-7H2,1H3. The summed E-state index contributed by atoms with van der Waals surface area (Å²) in [5.74, 6) is 0. The number of rotatable bonds is 8. The Hall–Kier alpha value is -1.42. The number of hydrogen-bond donors (Lipinski definition) is 1. The summed E-state index contributed by atoms with van der Waals surface area (Å²) >= 11 is 2.59. The number of nitrogens with zero attached hydrogens (tertiary/aromatic N) is 3. The fraction of sp³-hybridized carbons (Fsp3) is 0.455. The van der Waals surface area contributed by atoms with Crippen molar-refractivity contribution in [2.45, 2.75) is 6.42 Å². The molecular weight excluding hydrogens is 300 g/mol. The molecule has 2 heterocycles. The van der Waals surface area contributed by atoms with Gasteiger partial charge in [-0.25, -0.2) is 0 Å². The summed E-state index contributed by atoms with van der Waals surface area (Å²) in [5.41, 5.74) is 0. The lowest BCUT2D eigenvalue weighted by atomic mass is 10.4. The summed E-state index contributed by atoms with van der Waals surface area (Å²) in [7, 11) is 1.67. The van der Waals surface area contributed by atoms with Crippen LogP contribution in [0.2, 0.25) is 0 Å². The normalized spacial score (nSPS) is 10.8. The van der Waals surface area contributed by atoms with Crippen LogP contribution in [0.15, 0.2) is 12.1 Å². The number of nitro groups is 1. The van der Waals surface area contributed by atoms with E-state index in [1.165, 1.54) is 17.4 Å². The average Bonchev–Trinajstić information content (AvgIpc) is 3.07. The quantitative estimate of drug-likeness (QED) is 0.455. The molecule has 0 aliphatic carbocycles. The minimum absolute atomic E-state index is 0.123. The molecule has 0 atom stereocenters. The molecule has 20 heavy (non-hydrogen) atoms. The molecule has 0 saturated carbocycles. The maximum absolute atomic E-state index is 10.6. The van der Waals surface area contributed by atoms with Crippen molar-refractivity contribution >= 4 is 27.7 Å². The summed E-state index contributed by atoms with van der Waals surface area (Å²) in [6.07, 6.45) is 0.787. The lowest BCUT2D eigenvalue weighted by Gasteiger charge is -2.00. The highest BCUT2D eigenvalue weighted by atomic mass is 32.1. The van der Waals surface area contributed by atoms with Gasteiger partial charge in [-0.1, -0.05) is 22.7 Å². The van der Waals surface area contributed by atoms with Crippen LogP contribution < -0.4 is 5.32 Å². The van der Waals surface area contributed by atoms with Crippen LogP contribution in [-0.4, -0.2) is 41.9 Å². The topological polar surface area (TPSA) is 90.2 Å². The molecule has 108 valence electrons. The van der Waals surface area contributed by atoms with E-state index in [-0.39, 0.29) is 5.00 Å². The van der Waals surface area contributed by atoms with Gasteiger partial charge in [0.1, 0.15) is 5.01 Å². The summed E-state index contributed by atoms with van der Waals surface area (Å²) in [5, 5.41) is 23.8. The van der Waals surface area contributed by atoms with Crippen molar-refractivity contribution in [3.8, 4) is 9.88 Å². The van der Waals surface area contributed by atoms with Gasteiger partial charge in [-0.15, -0.1) is 10.2 Å². The van der Waals surface area contributed by atoms with Crippen molar-refractivity contribution < 1.29 is 9.66 Å². The number of thiophene rings is 1. The van der Waals surface area contributed by atoms with Crippen LogP contribution in [0.1, 0.15) is 5.01 Å². The van der Waals surface area contributed by atoms with Crippen molar-refractivity contribution in [1.82, 2.24) is 15.5 Å². The highest BCUT2D eigenvalue weighted by Gasteiger charge is 2.14. The Morgan fingerprint density at radius 3 is 2.90 bits per heavy atom. The molecule has 0 saturated heterocycles. The van der Waals surface area contributed by atoms with Gasteiger partial charge in [0.2, 0.25) is 0 Å². The Kier molecular flexibility index (Phi) is 5.53. The van der Waals surface area contributed by atoms with E-state index >= 15 is 0 Å². The van der Waals surface area contributed by atoms with Crippen molar-refractivity contribution in [2.75, 3.05) is 26.8 Å². The Morgan fingerprint density at radius 2 is 2.20 bits per heavy atom. The Balaban J connectivity index is 1.89. The fourth-order valence-corrected chi connectivity index (χ4v) is 3.20. The second-order valence-corrected chi connectivity index (χ2v) is 6.01. The van der Waals surface area contributed by atoms with Gasteiger partial charge in [-0.3, -0.25) is 10.1 Å². The second kappa shape index (κ2) is 7.39. The lowest BCUT2D eigenvalue weighted by Crippen LogP contribution is -2.21. The summed E-state index contributed by atoms with van der Waals surface area (Å²) in [4.78, 5) is 11.0. The van der Waals surface area contributed by atoms with E-state index < -0.39 is 4.92 Å². The molecule has 0 amide bonds. The predicted molar refractivity (Wildman–Crippen MR) is 78.3 cm³/mol. The molecule has 0 bridgehead atoms. The van der Waals surface area contributed by atoms with Gasteiger partial charge in [-0.05, 0) is 6.07 Å². The maximum Gasteiger partial charge on any atom is 0.324 e. The first kappa shape index (κ1) is 15.0. The highest BCUT2D eigenvalue weighted by molar-refractivity contribution is 7.23. The SMILES string of the molecule is COCCNCCc1nnc(-c2ccc([N+](=O)[O-])s2)s1. The Labute approximate surface area is 123 Å². The summed E-state index contributed by atoms with van der Waals surface area (Å²) in [6.45, 7) is 2.29. The van der Waals surface area contributed by atoms with Gasteiger partial charge in [0.05, 0.1) is 16.4 Å². The molecule has 0 fully saturated rings. The first-order valence-corrected chi connectivity index (χ1v) is 7.60. The largest absolute Gasteiger partial charge is 0.383 e. The van der Waals surface area contributed by atoms with Crippen molar-refractivity contribution in [3.05, 3.63) is 27.3 Å². The van der Waals surface area contributed by atoms with Crippen LogP contribution in [0.25, 0.3) is 9.88 Å². The van der Waals surface area contributed by atoms with Gasteiger partial charge >= 0.3 is 5.00 Å². The Bertz CT molecular complexity index is 570. The van der Waals surface area contributed by atoms with Crippen LogP contribution in [0, 0.1) is 10.1 Å². The molecule has 1 N–H and O–H groups in total. The third-order valence-electron chi connectivity index (χ3n) is 2.45. The molecule has 0 unspecified atom stereocenters. The van der Waals surface area contributed by atoms with E-state index in [2.05, 4.69) is 15.5 Å². The number of methoxy groups -OCH3 is 1. The molecule has 2 aromatic rings. The van der Waals surface area contributed by atoms with Crippen molar-refractivity contribution in [3.63, 3.8) is 0 Å². The minimum atomic E-state index is -0.393. The maximum atomic E-state index is 10.6. The Morgan fingerprint density at radius 1 is 1.35 bits per heavy atom. The van der Waals surface area contributed by atoms with E-state index in [9.17, 15) is 10.1 Å². The molecule has 2 rings (SSSR count). The van der Waals surface area contributed by atoms with Gasteiger partial charge < -0.3 is 10.1 Å². The zero-order valence-electron chi connectivity index (χ0n) is 10.9. The van der Waals surface area contributed by atoms with Crippen molar-refractivity contribution in [1.29, 1.82) is 0 Å². The molecule has 0 aromatic carbocycles. The smallest absolute Gasteiger partial charge is 0.324 e. The molecule has 0 spiro atoms. The second-order valence-electron chi connectivity index (χ2n) is 3.89. The number of aromatic nitrogens is 2. The molecule has 0 radical (unpaired) electrons. The number of hydrogen-bond acceptors (Lipinski definition) is 8. The third kappa shape index (κ3) is 4.04. The average molecular weight is 314 g/mol. The first-order valence-electron chi connectivity index (χ1n) is 5.97. The molecular formula is C11H14N4O3S2. The van der Waals surface area contributed by atoms with Gasteiger partial charge in [0.15, 0.2) is 5.01 Å². The van der Waals surface area contributed by atoms with Gasteiger partial charge in [-0.2, -0.15) is 0 Å². The first-order chi connectivity index (χ1) is 9.70. The summed E-state index contributed by atoms with van der Waals surface area (Å²) in [6, 6.07) is 3.21. The van der Waals surface area contributed by atoms with Gasteiger partial charge in [0.25, 0.3) is 0 Å². The molecule has 0 aliphatic heterocycles. The lowest BCUT2D eigenvalue weighted by molar-refractivity contribution is -0.380. The number of ether oxygens (including phenoxy) is 1. The molecule has 7 nitrogen and oxygen atoms in total. The van der Waals surface area contributed by atoms with Crippen LogP contribution >= 0.6 is 22.7 Å². The highest BCUT2D eigenvalue weighted by Crippen LogP contribution is 2.34. The van der Waals surface area contributed by atoms with Crippen LogP contribution in [0.3, 0.4) is 0 Å². The van der Waals surface area contributed by atoms with Crippen LogP contribution in [-0.2, 0) is 11.2 Å². The van der Waals surface area contributed by atoms with Crippen LogP contribution in [0.5, 0.6) is 0 Å². The number of nitrogens with one attached hydrogen (secondary N) is 1. The molecule has 2 aromatic heterocycles. The summed E-state index contributed by atoms with van der Waals surface area (Å²) < 4.78 is 4.94. The molecule has 9 heteroatoms. The van der Waals surface area contributed by atoms with E-state index in [0.717, 1.165) is 45.7 Å². The minimum Gasteiger partial charge on any atom is -0.383 e. The van der Waals surface area contributed by atoms with Crippen LogP contribution in [0.4, 0.5) is 5.00 Å². The van der Waals surface area contributed by atoms with E-state index in [4.69, 9.17) is 4.74 Å². The molecule has 0 aliphatic rings. The van der Waals surface area contributed by atoms with E-state index in [0.29, 0.717) is 6.61 Å². The monoisotopic (exact) mass is 314 g/mol. The van der Waals surface area contributed by atoms with Crippen molar-refractivity contribution in [2.24, 2.45) is 0 Å². The third-order valence-corrected chi connectivity index (χ3v) is 4.64. The van der Waals surface area contributed by atoms with E-state index in [1.807, 2.05) is 0 Å². The zero-order chi connectivity index (χ0) is 14.4. The van der Waals surface area contributed by atoms with Gasteiger partial charge in [0, 0.05) is 32.7 Å². The fourth-order valence-electron chi connectivity index (χ4n) is 1.49. The van der Waals surface area contributed by atoms with E-state index in [1.54, 1.807) is 13.2 Å². The predicted octanol–water partition coefficient (Wildman–Crippen LogP) is 1.95.